The molecule has 1 aliphatic rings. The Morgan fingerprint density at radius 3 is 2.64 bits per heavy atom. The van der Waals surface area contributed by atoms with Gasteiger partial charge in [0.2, 0.25) is 0 Å². The SMILES string of the molecule is CCNC(=NCCCOCC)N1CCN(c2cc(F)ccc2F)CC1. The summed E-state index contributed by atoms with van der Waals surface area (Å²) in [7, 11) is 0. The van der Waals surface area contributed by atoms with Gasteiger partial charge in [0, 0.05) is 58.5 Å². The fourth-order valence-corrected chi connectivity index (χ4v) is 2.81. The van der Waals surface area contributed by atoms with E-state index in [1.54, 1.807) is 0 Å². The number of piperazine rings is 1. The Hall–Kier alpha value is -1.89. The molecule has 5 nitrogen and oxygen atoms in total. The summed E-state index contributed by atoms with van der Waals surface area (Å²) in [5.74, 6) is 0.0766. The molecule has 1 fully saturated rings. The molecule has 0 unspecified atom stereocenters. The molecular weight excluding hydrogens is 326 g/mol. The Labute approximate surface area is 148 Å². The van der Waals surface area contributed by atoms with E-state index < -0.39 is 5.82 Å². The van der Waals surface area contributed by atoms with E-state index in [1.807, 2.05) is 18.7 Å². The first-order chi connectivity index (χ1) is 12.2. The van der Waals surface area contributed by atoms with E-state index in [0.717, 1.165) is 31.6 Å². The Balaban J connectivity index is 1.91. The molecule has 0 aromatic heterocycles. The molecule has 0 amide bonds. The van der Waals surface area contributed by atoms with Crippen LogP contribution in [0.15, 0.2) is 23.2 Å². The molecule has 1 aromatic rings. The number of anilines is 1. The van der Waals surface area contributed by atoms with Gasteiger partial charge in [-0.25, -0.2) is 8.78 Å². The summed E-state index contributed by atoms with van der Waals surface area (Å²) in [6.07, 6.45) is 0.886. The summed E-state index contributed by atoms with van der Waals surface area (Å²) in [5, 5.41) is 3.30. The predicted octanol–water partition coefficient (Wildman–Crippen LogP) is 2.48. The zero-order chi connectivity index (χ0) is 18.1. The van der Waals surface area contributed by atoms with Crippen LogP contribution in [0.25, 0.3) is 0 Å². The smallest absolute Gasteiger partial charge is 0.194 e. The third-order valence-corrected chi connectivity index (χ3v) is 4.08. The van der Waals surface area contributed by atoms with Gasteiger partial charge in [0.05, 0.1) is 5.69 Å². The fraction of sp³-hybridized carbons (Fsp3) is 0.611. The van der Waals surface area contributed by atoms with Crippen LogP contribution in [0.2, 0.25) is 0 Å². The van der Waals surface area contributed by atoms with Gasteiger partial charge < -0.3 is 19.9 Å². The van der Waals surface area contributed by atoms with Crippen LogP contribution in [0.4, 0.5) is 14.5 Å². The van der Waals surface area contributed by atoms with Crippen molar-refractivity contribution in [3.05, 3.63) is 29.8 Å². The lowest BCUT2D eigenvalue weighted by atomic mass is 10.2. The Bertz CT molecular complexity index is 560. The number of hydrogen-bond donors (Lipinski definition) is 1. The molecule has 1 aliphatic heterocycles. The minimum Gasteiger partial charge on any atom is -0.382 e. The maximum Gasteiger partial charge on any atom is 0.194 e. The van der Waals surface area contributed by atoms with Crippen molar-refractivity contribution in [3.8, 4) is 0 Å². The second kappa shape index (κ2) is 10.2. The molecule has 0 atom stereocenters. The van der Waals surface area contributed by atoms with Crippen LogP contribution in [0.3, 0.4) is 0 Å². The van der Waals surface area contributed by atoms with E-state index in [2.05, 4.69) is 15.2 Å². The van der Waals surface area contributed by atoms with E-state index in [-0.39, 0.29) is 5.82 Å². The number of nitrogens with zero attached hydrogens (tertiary/aromatic N) is 3. The van der Waals surface area contributed by atoms with E-state index in [4.69, 9.17) is 4.74 Å². The molecule has 0 bridgehead atoms. The molecule has 1 heterocycles. The number of guanidine groups is 1. The normalized spacial score (nSPS) is 15.6. The van der Waals surface area contributed by atoms with Crippen LogP contribution >= 0.6 is 0 Å². The first-order valence-electron chi connectivity index (χ1n) is 8.96. The number of hydrogen-bond acceptors (Lipinski definition) is 3. The molecule has 1 saturated heterocycles. The van der Waals surface area contributed by atoms with Crippen LogP contribution < -0.4 is 10.2 Å². The largest absolute Gasteiger partial charge is 0.382 e. The van der Waals surface area contributed by atoms with Gasteiger partial charge in [0.25, 0.3) is 0 Å². The minimum absolute atomic E-state index is 0.332. The van der Waals surface area contributed by atoms with Crippen molar-refractivity contribution < 1.29 is 13.5 Å². The van der Waals surface area contributed by atoms with Gasteiger partial charge in [-0.05, 0) is 32.4 Å². The zero-order valence-electron chi connectivity index (χ0n) is 15.1. The van der Waals surface area contributed by atoms with Crippen molar-refractivity contribution in [2.75, 3.05) is 57.4 Å². The quantitative estimate of drug-likeness (QED) is 0.464. The maximum absolute atomic E-state index is 13.9. The molecule has 0 saturated carbocycles. The molecular formula is C18H28F2N4O. The van der Waals surface area contributed by atoms with E-state index >= 15 is 0 Å². The van der Waals surface area contributed by atoms with Crippen LogP contribution in [0.1, 0.15) is 20.3 Å². The third-order valence-electron chi connectivity index (χ3n) is 4.08. The number of ether oxygens (including phenoxy) is 1. The summed E-state index contributed by atoms with van der Waals surface area (Å²) >= 11 is 0. The Kier molecular flexibility index (Phi) is 7.91. The summed E-state index contributed by atoms with van der Waals surface area (Å²) < 4.78 is 32.6. The Morgan fingerprint density at radius 1 is 1.20 bits per heavy atom. The van der Waals surface area contributed by atoms with Gasteiger partial charge in [-0.2, -0.15) is 0 Å². The fourth-order valence-electron chi connectivity index (χ4n) is 2.81. The van der Waals surface area contributed by atoms with Gasteiger partial charge >= 0.3 is 0 Å². The first-order valence-corrected chi connectivity index (χ1v) is 8.96. The van der Waals surface area contributed by atoms with Crippen molar-refractivity contribution in [2.24, 2.45) is 4.99 Å². The van der Waals surface area contributed by atoms with Crippen LogP contribution in [0, 0.1) is 11.6 Å². The van der Waals surface area contributed by atoms with Crippen LogP contribution in [-0.2, 0) is 4.74 Å². The lowest BCUT2D eigenvalue weighted by molar-refractivity contribution is 0.146. The monoisotopic (exact) mass is 354 g/mol. The number of nitrogens with one attached hydrogen (secondary N) is 1. The van der Waals surface area contributed by atoms with E-state index in [1.165, 1.54) is 12.1 Å². The minimum atomic E-state index is -0.414. The maximum atomic E-state index is 13.9. The molecule has 0 radical (unpaired) electrons. The first kappa shape index (κ1) is 19.4. The van der Waals surface area contributed by atoms with E-state index in [0.29, 0.717) is 45.0 Å². The average Bonchev–Trinajstić information content (AvgIpc) is 2.63. The van der Waals surface area contributed by atoms with Gasteiger partial charge in [-0.15, -0.1) is 0 Å². The predicted molar refractivity (Wildman–Crippen MR) is 97.2 cm³/mol. The lowest BCUT2D eigenvalue weighted by Crippen LogP contribution is -2.52. The highest BCUT2D eigenvalue weighted by atomic mass is 19.1. The van der Waals surface area contributed by atoms with Crippen LogP contribution in [0.5, 0.6) is 0 Å². The van der Waals surface area contributed by atoms with Gasteiger partial charge in [-0.1, -0.05) is 0 Å². The summed E-state index contributed by atoms with van der Waals surface area (Å²) in [5.41, 5.74) is 0.332. The average molecular weight is 354 g/mol. The number of halogens is 2. The second-order valence-corrected chi connectivity index (χ2v) is 5.86. The van der Waals surface area contributed by atoms with Crippen molar-refractivity contribution in [1.29, 1.82) is 0 Å². The summed E-state index contributed by atoms with van der Waals surface area (Å²) in [6.45, 7) is 9.65. The lowest BCUT2D eigenvalue weighted by Gasteiger charge is -2.37. The summed E-state index contributed by atoms with van der Waals surface area (Å²) in [6, 6.07) is 3.59. The van der Waals surface area contributed by atoms with Crippen LogP contribution in [-0.4, -0.2) is 63.3 Å². The Morgan fingerprint density at radius 2 is 1.96 bits per heavy atom. The molecule has 2 rings (SSSR count). The molecule has 7 heteroatoms. The van der Waals surface area contributed by atoms with Crippen molar-refractivity contribution in [2.45, 2.75) is 20.3 Å². The van der Waals surface area contributed by atoms with Gasteiger partial charge in [-0.3, -0.25) is 4.99 Å². The van der Waals surface area contributed by atoms with Crippen molar-refractivity contribution in [3.63, 3.8) is 0 Å². The molecule has 140 valence electrons. The topological polar surface area (TPSA) is 40.1 Å². The zero-order valence-corrected chi connectivity index (χ0v) is 15.1. The number of benzene rings is 1. The van der Waals surface area contributed by atoms with Gasteiger partial charge in [0.1, 0.15) is 11.6 Å². The van der Waals surface area contributed by atoms with E-state index in [9.17, 15) is 8.78 Å². The number of rotatable bonds is 7. The van der Waals surface area contributed by atoms with Crippen molar-refractivity contribution >= 4 is 11.6 Å². The molecule has 1 aromatic carbocycles. The third kappa shape index (κ3) is 5.85. The van der Waals surface area contributed by atoms with Gasteiger partial charge in [0.15, 0.2) is 5.96 Å². The highest BCUT2D eigenvalue weighted by Crippen LogP contribution is 2.21. The number of aliphatic imine (C=N–C) groups is 1. The van der Waals surface area contributed by atoms with Crippen molar-refractivity contribution in [1.82, 2.24) is 10.2 Å². The molecule has 0 aliphatic carbocycles. The standard InChI is InChI=1S/C18H28F2N4O/c1-3-21-18(22-8-5-13-25-4-2)24-11-9-23(10-12-24)17-14-15(19)6-7-16(17)20/h6-7,14H,3-5,8-13H2,1-2H3,(H,21,22). The highest BCUT2D eigenvalue weighted by molar-refractivity contribution is 5.80. The second-order valence-electron chi connectivity index (χ2n) is 5.86. The molecule has 1 N–H and O–H groups in total. The highest BCUT2D eigenvalue weighted by Gasteiger charge is 2.21. The summed E-state index contributed by atoms with van der Waals surface area (Å²) in [4.78, 5) is 8.68. The molecule has 25 heavy (non-hydrogen) atoms. The molecule has 0 spiro atoms.